The number of anilines is 1. The summed E-state index contributed by atoms with van der Waals surface area (Å²) in [5.74, 6) is 1.19. The molecule has 27 heavy (non-hydrogen) atoms. The van der Waals surface area contributed by atoms with Gasteiger partial charge in [-0.2, -0.15) is 0 Å². The number of rotatable bonds is 9. The molecule has 0 saturated heterocycles. The molecule has 1 aromatic carbocycles. The lowest BCUT2D eigenvalue weighted by Gasteiger charge is -2.27. The van der Waals surface area contributed by atoms with Crippen LogP contribution in [0.4, 0.5) is 5.69 Å². The third kappa shape index (κ3) is 6.13. The summed E-state index contributed by atoms with van der Waals surface area (Å²) in [6.07, 6.45) is 3.69. The third-order valence-corrected chi connectivity index (χ3v) is 4.96. The molecule has 2 rings (SSSR count). The highest BCUT2D eigenvalue weighted by Crippen LogP contribution is 2.33. The highest BCUT2D eigenvalue weighted by atomic mass is 16.5. The minimum atomic E-state index is -0.0886. The molecule has 0 atom stereocenters. The summed E-state index contributed by atoms with van der Waals surface area (Å²) < 4.78 is 15.5. The number of amides is 2. The fourth-order valence-electron chi connectivity index (χ4n) is 3.33. The first kappa shape index (κ1) is 21.0. The van der Waals surface area contributed by atoms with Gasteiger partial charge >= 0.3 is 0 Å². The van der Waals surface area contributed by atoms with Crippen molar-refractivity contribution in [2.75, 3.05) is 39.8 Å². The standard InChI is InChI=1S/C20H30N2O5/c1-25-12-4-11-21-19(23)14-5-7-15(8-6-14)20(24)22-17-10-9-16(26-2)13-18(17)27-3/h9-10,13-15H,4-8,11-12H2,1-3H3,(H,21,23)(H,22,24). The Morgan fingerprint density at radius 2 is 1.67 bits per heavy atom. The highest BCUT2D eigenvalue weighted by molar-refractivity contribution is 5.94. The van der Waals surface area contributed by atoms with E-state index in [0.717, 1.165) is 19.3 Å². The van der Waals surface area contributed by atoms with E-state index in [9.17, 15) is 9.59 Å². The van der Waals surface area contributed by atoms with Crippen molar-refractivity contribution in [1.29, 1.82) is 0 Å². The van der Waals surface area contributed by atoms with E-state index in [1.807, 2.05) is 0 Å². The van der Waals surface area contributed by atoms with Crippen LogP contribution in [0.5, 0.6) is 11.5 Å². The van der Waals surface area contributed by atoms with Crippen LogP contribution in [0.25, 0.3) is 0 Å². The van der Waals surface area contributed by atoms with Gasteiger partial charge in [0.1, 0.15) is 11.5 Å². The normalized spacial score (nSPS) is 19.2. The number of nitrogens with one attached hydrogen (secondary N) is 2. The van der Waals surface area contributed by atoms with Gasteiger partial charge in [0.05, 0.1) is 19.9 Å². The Balaban J connectivity index is 1.82. The predicted octanol–water partition coefficient (Wildman–Crippen LogP) is 2.60. The van der Waals surface area contributed by atoms with E-state index in [-0.39, 0.29) is 23.7 Å². The molecule has 150 valence electrons. The van der Waals surface area contributed by atoms with E-state index in [0.29, 0.717) is 43.2 Å². The van der Waals surface area contributed by atoms with Crippen LogP contribution in [0, 0.1) is 11.8 Å². The van der Waals surface area contributed by atoms with Crippen molar-refractivity contribution in [1.82, 2.24) is 5.32 Å². The van der Waals surface area contributed by atoms with Gasteiger partial charge in [0, 0.05) is 38.2 Å². The van der Waals surface area contributed by atoms with E-state index in [1.54, 1.807) is 39.5 Å². The zero-order valence-corrected chi connectivity index (χ0v) is 16.4. The van der Waals surface area contributed by atoms with E-state index in [4.69, 9.17) is 14.2 Å². The Morgan fingerprint density at radius 1 is 1.00 bits per heavy atom. The van der Waals surface area contributed by atoms with Gasteiger partial charge in [-0.25, -0.2) is 0 Å². The van der Waals surface area contributed by atoms with E-state index in [2.05, 4.69) is 10.6 Å². The molecule has 1 aliphatic carbocycles. The van der Waals surface area contributed by atoms with Crippen LogP contribution in [-0.4, -0.2) is 46.3 Å². The van der Waals surface area contributed by atoms with Gasteiger partial charge in [0.15, 0.2) is 0 Å². The molecule has 0 aliphatic heterocycles. The number of hydrogen-bond donors (Lipinski definition) is 2. The van der Waals surface area contributed by atoms with Crippen molar-refractivity contribution < 1.29 is 23.8 Å². The van der Waals surface area contributed by atoms with Gasteiger partial charge in [-0.05, 0) is 44.2 Å². The van der Waals surface area contributed by atoms with Crippen molar-refractivity contribution in [2.45, 2.75) is 32.1 Å². The maximum Gasteiger partial charge on any atom is 0.227 e. The maximum atomic E-state index is 12.6. The summed E-state index contributed by atoms with van der Waals surface area (Å²) in [5, 5.41) is 5.89. The molecule has 1 saturated carbocycles. The Labute approximate surface area is 160 Å². The molecular formula is C20H30N2O5. The van der Waals surface area contributed by atoms with E-state index < -0.39 is 0 Å². The van der Waals surface area contributed by atoms with Gasteiger partial charge in [0.2, 0.25) is 11.8 Å². The number of carbonyl (C=O) groups excluding carboxylic acids is 2. The topological polar surface area (TPSA) is 85.9 Å². The summed E-state index contributed by atoms with van der Waals surface area (Å²) in [6.45, 7) is 1.27. The minimum absolute atomic E-state index is 0.00730. The SMILES string of the molecule is COCCCNC(=O)C1CCC(C(=O)Nc2ccc(OC)cc2OC)CC1. The first-order valence-electron chi connectivity index (χ1n) is 9.38. The van der Waals surface area contributed by atoms with Crippen LogP contribution < -0.4 is 20.1 Å². The fourth-order valence-corrected chi connectivity index (χ4v) is 3.33. The second-order valence-corrected chi connectivity index (χ2v) is 6.74. The van der Waals surface area contributed by atoms with Crippen LogP contribution in [0.2, 0.25) is 0 Å². The average molecular weight is 378 g/mol. The molecule has 0 heterocycles. The summed E-state index contributed by atoms with van der Waals surface area (Å²) >= 11 is 0. The molecular weight excluding hydrogens is 348 g/mol. The van der Waals surface area contributed by atoms with Gasteiger partial charge in [-0.1, -0.05) is 0 Å². The lowest BCUT2D eigenvalue weighted by atomic mass is 9.81. The van der Waals surface area contributed by atoms with Crippen molar-refractivity contribution in [3.63, 3.8) is 0 Å². The van der Waals surface area contributed by atoms with Crippen LogP contribution in [-0.2, 0) is 14.3 Å². The quantitative estimate of drug-likeness (QED) is 0.645. The van der Waals surface area contributed by atoms with E-state index in [1.165, 1.54) is 0 Å². The van der Waals surface area contributed by atoms with Crippen LogP contribution in [0.15, 0.2) is 18.2 Å². The number of benzene rings is 1. The molecule has 0 radical (unpaired) electrons. The minimum Gasteiger partial charge on any atom is -0.497 e. The van der Waals surface area contributed by atoms with Crippen molar-refractivity contribution in [2.24, 2.45) is 11.8 Å². The van der Waals surface area contributed by atoms with Crippen LogP contribution in [0.1, 0.15) is 32.1 Å². The molecule has 1 aromatic rings. The van der Waals surface area contributed by atoms with Gasteiger partial charge in [-0.15, -0.1) is 0 Å². The Hall–Kier alpha value is -2.28. The fraction of sp³-hybridized carbons (Fsp3) is 0.600. The molecule has 1 fully saturated rings. The highest BCUT2D eigenvalue weighted by Gasteiger charge is 2.30. The first-order valence-corrected chi connectivity index (χ1v) is 9.38. The second kappa shape index (κ2) is 10.8. The summed E-state index contributed by atoms with van der Waals surface area (Å²) in [6, 6.07) is 5.29. The number of carbonyl (C=O) groups is 2. The molecule has 2 N–H and O–H groups in total. The molecule has 0 unspecified atom stereocenters. The maximum absolute atomic E-state index is 12.6. The predicted molar refractivity (Wildman–Crippen MR) is 103 cm³/mol. The van der Waals surface area contributed by atoms with Crippen molar-refractivity contribution in [3.05, 3.63) is 18.2 Å². The largest absolute Gasteiger partial charge is 0.497 e. The molecule has 0 spiro atoms. The van der Waals surface area contributed by atoms with Crippen LogP contribution >= 0.6 is 0 Å². The third-order valence-electron chi connectivity index (χ3n) is 4.96. The van der Waals surface area contributed by atoms with Gasteiger partial charge in [-0.3, -0.25) is 9.59 Å². The number of ether oxygens (including phenoxy) is 3. The molecule has 1 aliphatic rings. The molecule has 2 amide bonds. The van der Waals surface area contributed by atoms with Crippen molar-refractivity contribution in [3.8, 4) is 11.5 Å². The second-order valence-electron chi connectivity index (χ2n) is 6.74. The lowest BCUT2D eigenvalue weighted by molar-refractivity contribution is -0.128. The number of hydrogen-bond acceptors (Lipinski definition) is 5. The van der Waals surface area contributed by atoms with Crippen molar-refractivity contribution >= 4 is 17.5 Å². The Morgan fingerprint density at radius 3 is 2.26 bits per heavy atom. The molecule has 7 heteroatoms. The lowest BCUT2D eigenvalue weighted by Crippen LogP contribution is -2.36. The monoisotopic (exact) mass is 378 g/mol. The number of methoxy groups -OCH3 is 3. The zero-order valence-electron chi connectivity index (χ0n) is 16.4. The Kier molecular flexibility index (Phi) is 8.39. The zero-order chi connectivity index (χ0) is 19.6. The summed E-state index contributed by atoms with van der Waals surface area (Å²) in [5.41, 5.74) is 0.626. The van der Waals surface area contributed by atoms with Crippen LogP contribution in [0.3, 0.4) is 0 Å². The first-order chi connectivity index (χ1) is 13.1. The molecule has 7 nitrogen and oxygen atoms in total. The average Bonchev–Trinajstić information content (AvgIpc) is 2.71. The van der Waals surface area contributed by atoms with E-state index >= 15 is 0 Å². The molecule has 0 bridgehead atoms. The smallest absolute Gasteiger partial charge is 0.227 e. The van der Waals surface area contributed by atoms with Gasteiger partial charge < -0.3 is 24.8 Å². The molecule has 0 aromatic heterocycles. The Bertz CT molecular complexity index is 627. The summed E-state index contributed by atoms with van der Waals surface area (Å²) in [7, 11) is 4.79. The summed E-state index contributed by atoms with van der Waals surface area (Å²) in [4.78, 5) is 24.8. The van der Waals surface area contributed by atoms with Gasteiger partial charge in [0.25, 0.3) is 0 Å².